The molecule has 92 valence electrons. The van der Waals surface area contributed by atoms with E-state index in [1.165, 1.54) is 0 Å². The molecule has 1 fully saturated rings. The third-order valence-corrected chi connectivity index (χ3v) is 4.91. The molecule has 0 spiro atoms. The smallest absolute Gasteiger partial charge is 0.243 e. The van der Waals surface area contributed by atoms with Crippen molar-refractivity contribution in [1.82, 2.24) is 4.31 Å². The molecular weight excluding hydrogens is 238 g/mol. The second kappa shape index (κ2) is 3.84. The molecule has 17 heavy (non-hydrogen) atoms. The molecule has 1 amide bonds. The summed E-state index contributed by atoms with van der Waals surface area (Å²) in [6, 6.07) is 9.14. The molecule has 1 aromatic rings. The molecule has 5 heteroatoms. The molecule has 0 N–H and O–H groups in total. The number of sulfonamides is 1. The minimum absolute atomic E-state index is 0.105. The van der Waals surface area contributed by atoms with Gasteiger partial charge in [0, 0.05) is 0 Å². The maximum Gasteiger partial charge on any atom is 0.243 e. The van der Waals surface area contributed by atoms with Crippen LogP contribution in [0.2, 0.25) is 0 Å². The number of rotatable bonds is 2. The molecule has 0 aliphatic carbocycles. The standard InChI is InChI=1S/C12H15NO3S/c1-12(2)9-17(15,16)13(11(12)14)8-10-6-4-3-5-7-10/h3-7H,8-9H2,1-2H3. The molecule has 0 atom stereocenters. The Hall–Kier alpha value is -1.36. The first-order valence-corrected chi connectivity index (χ1v) is 7.03. The maximum absolute atomic E-state index is 12.0. The van der Waals surface area contributed by atoms with E-state index in [0.29, 0.717) is 0 Å². The average Bonchev–Trinajstić information content (AvgIpc) is 2.38. The molecule has 4 nitrogen and oxygen atoms in total. The van der Waals surface area contributed by atoms with E-state index < -0.39 is 15.4 Å². The van der Waals surface area contributed by atoms with Crippen molar-refractivity contribution >= 4 is 15.9 Å². The van der Waals surface area contributed by atoms with Crippen LogP contribution in [0.15, 0.2) is 30.3 Å². The fourth-order valence-electron chi connectivity index (χ4n) is 1.98. The van der Waals surface area contributed by atoms with Gasteiger partial charge in [0.05, 0.1) is 17.7 Å². The van der Waals surface area contributed by atoms with Gasteiger partial charge in [-0.2, -0.15) is 0 Å². The SMILES string of the molecule is CC1(C)CS(=O)(=O)N(Cc2ccccc2)C1=O. The summed E-state index contributed by atoms with van der Waals surface area (Å²) in [5, 5.41) is 0. The molecule has 0 bridgehead atoms. The van der Waals surface area contributed by atoms with Gasteiger partial charge < -0.3 is 0 Å². The molecule has 1 aromatic carbocycles. The number of hydrogen-bond donors (Lipinski definition) is 0. The number of nitrogens with zero attached hydrogens (tertiary/aromatic N) is 1. The lowest BCUT2D eigenvalue weighted by Crippen LogP contribution is -2.32. The minimum Gasteiger partial charge on any atom is -0.273 e. The summed E-state index contributed by atoms with van der Waals surface area (Å²) >= 11 is 0. The third-order valence-electron chi connectivity index (χ3n) is 2.85. The Morgan fingerprint density at radius 2 is 1.82 bits per heavy atom. The quantitative estimate of drug-likeness (QED) is 0.800. The molecule has 0 saturated carbocycles. The molecule has 2 rings (SSSR count). The summed E-state index contributed by atoms with van der Waals surface area (Å²) < 4.78 is 24.8. The van der Waals surface area contributed by atoms with Crippen molar-refractivity contribution in [2.45, 2.75) is 20.4 Å². The Balaban J connectivity index is 2.31. The van der Waals surface area contributed by atoms with Crippen LogP contribution in [0.1, 0.15) is 19.4 Å². The highest BCUT2D eigenvalue weighted by Crippen LogP contribution is 2.32. The number of benzene rings is 1. The van der Waals surface area contributed by atoms with Gasteiger partial charge in [-0.3, -0.25) is 4.79 Å². The van der Waals surface area contributed by atoms with Crippen molar-refractivity contribution in [3.8, 4) is 0 Å². The van der Waals surface area contributed by atoms with Crippen molar-refractivity contribution < 1.29 is 13.2 Å². The van der Waals surface area contributed by atoms with Crippen molar-refractivity contribution in [1.29, 1.82) is 0 Å². The maximum atomic E-state index is 12.0. The largest absolute Gasteiger partial charge is 0.273 e. The molecular formula is C12H15NO3S. The fraction of sp³-hybridized carbons (Fsp3) is 0.417. The summed E-state index contributed by atoms with van der Waals surface area (Å²) in [5.74, 6) is -0.424. The number of carbonyl (C=O) groups excluding carboxylic acids is 1. The van der Waals surface area contributed by atoms with Crippen LogP contribution in [-0.2, 0) is 21.4 Å². The van der Waals surface area contributed by atoms with Crippen molar-refractivity contribution in [2.24, 2.45) is 5.41 Å². The second-order valence-electron chi connectivity index (χ2n) is 4.94. The number of amides is 1. The molecule has 1 saturated heterocycles. The van der Waals surface area contributed by atoms with Gasteiger partial charge >= 0.3 is 0 Å². The predicted octanol–water partition coefficient (Wildman–Crippen LogP) is 1.38. The van der Waals surface area contributed by atoms with E-state index >= 15 is 0 Å². The first-order valence-electron chi connectivity index (χ1n) is 5.42. The van der Waals surface area contributed by atoms with Gasteiger partial charge in [-0.05, 0) is 19.4 Å². The van der Waals surface area contributed by atoms with Crippen LogP contribution in [-0.4, -0.2) is 24.4 Å². The molecule has 1 aliphatic heterocycles. The van der Waals surface area contributed by atoms with Crippen LogP contribution < -0.4 is 0 Å². The van der Waals surface area contributed by atoms with Crippen molar-refractivity contribution in [3.63, 3.8) is 0 Å². The van der Waals surface area contributed by atoms with Gasteiger partial charge in [0.25, 0.3) is 0 Å². The van der Waals surface area contributed by atoms with E-state index in [1.807, 2.05) is 30.3 Å². The summed E-state index contributed by atoms with van der Waals surface area (Å²) in [5.41, 5.74) is 0.00952. The average molecular weight is 253 g/mol. The van der Waals surface area contributed by atoms with Crippen LogP contribution in [0, 0.1) is 5.41 Å². The Morgan fingerprint density at radius 1 is 1.24 bits per heavy atom. The van der Waals surface area contributed by atoms with Gasteiger partial charge in [0.1, 0.15) is 0 Å². The highest BCUT2D eigenvalue weighted by molar-refractivity contribution is 7.90. The van der Waals surface area contributed by atoms with Crippen LogP contribution in [0.4, 0.5) is 0 Å². The Bertz CT molecular complexity index is 534. The predicted molar refractivity (Wildman–Crippen MR) is 64.6 cm³/mol. The zero-order valence-electron chi connectivity index (χ0n) is 9.88. The third kappa shape index (κ3) is 2.20. The lowest BCUT2D eigenvalue weighted by molar-refractivity contribution is -0.132. The zero-order valence-corrected chi connectivity index (χ0v) is 10.7. The minimum atomic E-state index is -3.46. The van der Waals surface area contributed by atoms with Gasteiger partial charge in [-0.1, -0.05) is 30.3 Å². The van der Waals surface area contributed by atoms with E-state index in [0.717, 1.165) is 9.87 Å². The van der Waals surface area contributed by atoms with Crippen LogP contribution in [0.25, 0.3) is 0 Å². The second-order valence-corrected chi connectivity index (χ2v) is 6.83. The topological polar surface area (TPSA) is 54.5 Å². The first kappa shape index (κ1) is 12.1. The highest BCUT2D eigenvalue weighted by Gasteiger charge is 2.48. The summed E-state index contributed by atoms with van der Waals surface area (Å²) in [6.45, 7) is 3.46. The Labute approximate surface area is 101 Å². The van der Waals surface area contributed by atoms with Gasteiger partial charge in [0.15, 0.2) is 0 Å². The Kier molecular flexibility index (Phi) is 2.73. The zero-order chi connectivity index (χ0) is 12.7. The monoisotopic (exact) mass is 253 g/mol. The van der Waals surface area contributed by atoms with E-state index in [-0.39, 0.29) is 18.2 Å². The summed E-state index contributed by atoms with van der Waals surface area (Å²) in [4.78, 5) is 12.0. The van der Waals surface area contributed by atoms with Crippen LogP contribution >= 0.6 is 0 Å². The molecule has 0 aromatic heterocycles. The van der Waals surface area contributed by atoms with Crippen LogP contribution in [0.5, 0.6) is 0 Å². The van der Waals surface area contributed by atoms with Crippen LogP contribution in [0.3, 0.4) is 0 Å². The Morgan fingerprint density at radius 3 is 2.29 bits per heavy atom. The fourth-order valence-corrected chi connectivity index (χ4v) is 4.02. The summed E-state index contributed by atoms with van der Waals surface area (Å²) in [6.07, 6.45) is 0. The number of hydrogen-bond acceptors (Lipinski definition) is 3. The van der Waals surface area contributed by atoms with E-state index in [2.05, 4.69) is 0 Å². The van der Waals surface area contributed by atoms with Crippen molar-refractivity contribution in [2.75, 3.05) is 5.75 Å². The highest BCUT2D eigenvalue weighted by atomic mass is 32.2. The first-order chi connectivity index (χ1) is 7.83. The molecule has 1 heterocycles. The molecule has 0 unspecified atom stereocenters. The van der Waals surface area contributed by atoms with Crippen molar-refractivity contribution in [3.05, 3.63) is 35.9 Å². The summed E-state index contributed by atoms with van der Waals surface area (Å²) in [7, 11) is -3.46. The van der Waals surface area contributed by atoms with E-state index in [4.69, 9.17) is 0 Å². The lowest BCUT2D eigenvalue weighted by atomic mass is 9.95. The van der Waals surface area contributed by atoms with E-state index in [9.17, 15) is 13.2 Å². The van der Waals surface area contributed by atoms with Gasteiger partial charge in [0.2, 0.25) is 15.9 Å². The van der Waals surface area contributed by atoms with Gasteiger partial charge in [-0.25, -0.2) is 12.7 Å². The van der Waals surface area contributed by atoms with Gasteiger partial charge in [-0.15, -0.1) is 0 Å². The normalized spacial score (nSPS) is 21.8. The molecule has 1 aliphatic rings. The van der Waals surface area contributed by atoms with E-state index in [1.54, 1.807) is 13.8 Å². The number of carbonyl (C=O) groups is 1. The lowest BCUT2D eigenvalue weighted by Gasteiger charge is -2.17. The molecule has 0 radical (unpaired) electrons.